The first kappa shape index (κ1) is 5.82. The second-order valence-corrected chi connectivity index (χ2v) is 3.94. The van der Waals surface area contributed by atoms with Crippen molar-refractivity contribution < 1.29 is 0 Å². The lowest BCUT2D eigenvalue weighted by atomic mass is 9.99. The maximum atomic E-state index is 2.33. The van der Waals surface area contributed by atoms with Crippen molar-refractivity contribution in [2.45, 2.75) is 31.1 Å². The average molecular weight is 144 g/mol. The molecule has 11 heavy (non-hydrogen) atoms. The molecule has 0 aliphatic heterocycles. The first-order chi connectivity index (χ1) is 5.41. The molecule has 56 valence electrons. The molecule has 1 spiro atoms. The molecule has 2 aliphatic carbocycles. The molecule has 0 N–H and O–H groups in total. The maximum absolute atomic E-state index is 2.33. The standard InChI is InChI=1S/C11H12/c1-2-4-10-9(3-1)5-6-11(10)7-8-11/h1-4H,5-8H2. The summed E-state index contributed by atoms with van der Waals surface area (Å²) in [4.78, 5) is 0. The van der Waals surface area contributed by atoms with Gasteiger partial charge < -0.3 is 0 Å². The van der Waals surface area contributed by atoms with Crippen molar-refractivity contribution in [2.24, 2.45) is 0 Å². The van der Waals surface area contributed by atoms with Crippen molar-refractivity contribution in [1.29, 1.82) is 0 Å². The molecule has 0 heterocycles. The van der Waals surface area contributed by atoms with Crippen LogP contribution in [-0.2, 0) is 11.8 Å². The van der Waals surface area contributed by atoms with Gasteiger partial charge in [0.1, 0.15) is 0 Å². The Morgan fingerprint density at radius 3 is 2.64 bits per heavy atom. The summed E-state index contributed by atoms with van der Waals surface area (Å²) in [5.74, 6) is 0. The minimum atomic E-state index is 0.677. The third kappa shape index (κ3) is 0.649. The van der Waals surface area contributed by atoms with Crippen LogP contribution in [0.25, 0.3) is 0 Å². The molecule has 1 fully saturated rings. The van der Waals surface area contributed by atoms with Crippen LogP contribution >= 0.6 is 0 Å². The minimum Gasteiger partial charge on any atom is -0.0620 e. The molecule has 0 bridgehead atoms. The van der Waals surface area contributed by atoms with Gasteiger partial charge in [-0.15, -0.1) is 0 Å². The van der Waals surface area contributed by atoms with E-state index in [0.29, 0.717) is 5.41 Å². The molecule has 0 radical (unpaired) electrons. The Kier molecular flexibility index (Phi) is 0.892. The fraction of sp³-hybridized carbons (Fsp3) is 0.455. The highest BCUT2D eigenvalue weighted by molar-refractivity contribution is 5.43. The number of benzene rings is 1. The Morgan fingerprint density at radius 1 is 1.00 bits per heavy atom. The van der Waals surface area contributed by atoms with Gasteiger partial charge in [-0.3, -0.25) is 0 Å². The summed E-state index contributed by atoms with van der Waals surface area (Å²) in [6, 6.07) is 8.97. The van der Waals surface area contributed by atoms with Gasteiger partial charge in [0.05, 0.1) is 0 Å². The molecule has 3 rings (SSSR count). The Labute approximate surface area is 67.2 Å². The zero-order valence-corrected chi connectivity index (χ0v) is 6.64. The van der Waals surface area contributed by atoms with E-state index in [2.05, 4.69) is 24.3 Å². The van der Waals surface area contributed by atoms with Gasteiger partial charge in [0, 0.05) is 0 Å². The molecule has 1 aromatic rings. The first-order valence-corrected chi connectivity index (χ1v) is 4.49. The number of hydrogen-bond donors (Lipinski definition) is 0. The first-order valence-electron chi connectivity index (χ1n) is 4.49. The molecule has 0 saturated heterocycles. The molecule has 0 amide bonds. The number of rotatable bonds is 0. The van der Waals surface area contributed by atoms with Gasteiger partial charge in [0.15, 0.2) is 0 Å². The van der Waals surface area contributed by atoms with Crippen molar-refractivity contribution in [3.8, 4) is 0 Å². The van der Waals surface area contributed by atoms with E-state index < -0.39 is 0 Å². The van der Waals surface area contributed by atoms with E-state index in [1.54, 1.807) is 11.1 Å². The molecule has 0 atom stereocenters. The molecule has 0 nitrogen and oxygen atoms in total. The summed E-state index contributed by atoms with van der Waals surface area (Å²) in [5.41, 5.74) is 3.96. The average Bonchev–Trinajstić information content (AvgIpc) is 2.72. The summed E-state index contributed by atoms with van der Waals surface area (Å²) in [6.45, 7) is 0. The second-order valence-electron chi connectivity index (χ2n) is 3.94. The van der Waals surface area contributed by atoms with Gasteiger partial charge in [0.25, 0.3) is 0 Å². The van der Waals surface area contributed by atoms with Gasteiger partial charge in [-0.25, -0.2) is 0 Å². The zero-order valence-electron chi connectivity index (χ0n) is 6.64. The summed E-state index contributed by atoms with van der Waals surface area (Å²) in [7, 11) is 0. The van der Waals surface area contributed by atoms with Gasteiger partial charge in [0.2, 0.25) is 0 Å². The van der Waals surface area contributed by atoms with Gasteiger partial charge in [-0.1, -0.05) is 24.3 Å². The van der Waals surface area contributed by atoms with Crippen LogP contribution in [0.2, 0.25) is 0 Å². The summed E-state index contributed by atoms with van der Waals surface area (Å²) >= 11 is 0. The SMILES string of the molecule is c1ccc2c(c1)CCC21CC1. The quantitative estimate of drug-likeness (QED) is 0.525. The van der Waals surface area contributed by atoms with Crippen LogP contribution in [0.4, 0.5) is 0 Å². The smallest absolute Gasteiger partial charge is 0.00404 e. The number of fused-ring (bicyclic) bond motifs is 2. The number of aryl methyl sites for hydroxylation is 1. The van der Waals surface area contributed by atoms with Crippen LogP contribution in [0.5, 0.6) is 0 Å². The van der Waals surface area contributed by atoms with E-state index in [1.165, 1.54) is 25.7 Å². The highest BCUT2D eigenvalue weighted by Gasteiger charge is 2.47. The van der Waals surface area contributed by atoms with Gasteiger partial charge in [-0.05, 0) is 42.2 Å². The Bertz CT molecular complexity index is 295. The number of hydrogen-bond acceptors (Lipinski definition) is 0. The molecule has 1 aromatic carbocycles. The largest absolute Gasteiger partial charge is 0.0620 e. The van der Waals surface area contributed by atoms with Crippen LogP contribution < -0.4 is 0 Å². The summed E-state index contributed by atoms with van der Waals surface area (Å²) in [5, 5.41) is 0. The molecular formula is C11H12. The Balaban J connectivity index is 2.21. The normalized spacial score (nSPS) is 23.6. The molecular weight excluding hydrogens is 132 g/mol. The van der Waals surface area contributed by atoms with Crippen LogP contribution in [0.1, 0.15) is 30.4 Å². The minimum absolute atomic E-state index is 0.677. The third-order valence-electron chi connectivity index (χ3n) is 3.32. The van der Waals surface area contributed by atoms with Crippen molar-refractivity contribution in [3.63, 3.8) is 0 Å². The van der Waals surface area contributed by atoms with Crippen molar-refractivity contribution in [2.75, 3.05) is 0 Å². The fourth-order valence-electron chi connectivity index (χ4n) is 2.43. The molecule has 0 heteroatoms. The van der Waals surface area contributed by atoms with Gasteiger partial charge in [-0.2, -0.15) is 0 Å². The molecule has 0 unspecified atom stereocenters. The van der Waals surface area contributed by atoms with E-state index in [0.717, 1.165) is 0 Å². The van der Waals surface area contributed by atoms with E-state index >= 15 is 0 Å². The maximum Gasteiger partial charge on any atom is -0.00404 e. The Morgan fingerprint density at radius 2 is 1.82 bits per heavy atom. The highest BCUT2D eigenvalue weighted by Crippen LogP contribution is 2.56. The Hall–Kier alpha value is -0.780. The molecule has 2 aliphatic rings. The van der Waals surface area contributed by atoms with Crippen molar-refractivity contribution in [1.82, 2.24) is 0 Å². The predicted molar refractivity (Wildman–Crippen MR) is 45.7 cm³/mol. The van der Waals surface area contributed by atoms with E-state index in [9.17, 15) is 0 Å². The third-order valence-corrected chi connectivity index (χ3v) is 3.32. The predicted octanol–water partition coefficient (Wildman–Crippen LogP) is 2.66. The second kappa shape index (κ2) is 1.69. The highest BCUT2D eigenvalue weighted by atomic mass is 14.5. The van der Waals surface area contributed by atoms with Gasteiger partial charge >= 0.3 is 0 Å². The lowest BCUT2D eigenvalue weighted by molar-refractivity contribution is 0.681. The monoisotopic (exact) mass is 144 g/mol. The van der Waals surface area contributed by atoms with E-state index in [1.807, 2.05) is 0 Å². The summed E-state index contributed by atoms with van der Waals surface area (Å²) in [6.07, 6.45) is 5.65. The lowest BCUT2D eigenvalue weighted by Gasteiger charge is -2.05. The molecule has 1 saturated carbocycles. The topological polar surface area (TPSA) is 0 Å². The van der Waals surface area contributed by atoms with Crippen LogP contribution in [-0.4, -0.2) is 0 Å². The molecule has 0 aromatic heterocycles. The fourth-order valence-corrected chi connectivity index (χ4v) is 2.43. The van der Waals surface area contributed by atoms with Crippen molar-refractivity contribution >= 4 is 0 Å². The zero-order chi connectivity index (χ0) is 7.31. The lowest BCUT2D eigenvalue weighted by Crippen LogP contribution is -1.98. The summed E-state index contributed by atoms with van der Waals surface area (Å²) < 4.78 is 0. The van der Waals surface area contributed by atoms with E-state index in [-0.39, 0.29) is 0 Å². The van der Waals surface area contributed by atoms with Crippen LogP contribution in [0, 0.1) is 0 Å². The van der Waals surface area contributed by atoms with Crippen LogP contribution in [0.3, 0.4) is 0 Å². The van der Waals surface area contributed by atoms with Crippen LogP contribution in [0.15, 0.2) is 24.3 Å². The van der Waals surface area contributed by atoms with Crippen molar-refractivity contribution in [3.05, 3.63) is 35.4 Å². The van der Waals surface area contributed by atoms with E-state index in [4.69, 9.17) is 0 Å².